The molecule has 0 radical (unpaired) electrons. The smallest absolute Gasteiger partial charge is 0.317 e. The van der Waals surface area contributed by atoms with E-state index in [1.165, 1.54) is 5.56 Å². The molecule has 2 amide bonds. The van der Waals surface area contributed by atoms with Gasteiger partial charge in [-0.25, -0.2) is 4.79 Å². The number of nitrogens with one attached hydrogen (secondary N) is 1. The zero-order valence-electron chi connectivity index (χ0n) is 17.1. The minimum Gasteiger partial charge on any atom is -0.387 e. The Labute approximate surface area is 168 Å². The minimum atomic E-state index is -0.851. The number of carbonyl (C=O) groups excluding carboxylic acids is 1. The van der Waals surface area contributed by atoms with Gasteiger partial charge in [-0.3, -0.25) is 9.80 Å². The number of urea groups is 1. The van der Waals surface area contributed by atoms with Crippen LogP contribution in [-0.4, -0.2) is 97.0 Å². The first-order chi connectivity index (χ1) is 13.5. The average Bonchev–Trinajstić information content (AvgIpc) is 3.07. The first kappa shape index (κ1) is 21.0. The highest BCUT2D eigenvalue weighted by atomic mass is 16.5. The summed E-state index contributed by atoms with van der Waals surface area (Å²) in [5.41, 5.74) is 0.395. The van der Waals surface area contributed by atoms with Crippen molar-refractivity contribution in [2.45, 2.75) is 31.5 Å². The summed E-state index contributed by atoms with van der Waals surface area (Å²) in [6, 6.07) is 10.4. The summed E-state index contributed by atoms with van der Waals surface area (Å²) in [7, 11) is 1.76. The SMILES string of the molecule is CC(CNC(=O)N(C)CC1(O)CCN(Cc2ccccc2)C1)N1CCOCC1. The number of benzene rings is 1. The van der Waals surface area contributed by atoms with Crippen LogP contribution in [0.15, 0.2) is 30.3 Å². The molecule has 7 heteroatoms. The van der Waals surface area contributed by atoms with Crippen molar-refractivity contribution in [3.63, 3.8) is 0 Å². The lowest BCUT2D eigenvalue weighted by Crippen LogP contribution is -2.52. The number of carbonyl (C=O) groups is 1. The van der Waals surface area contributed by atoms with Crippen molar-refractivity contribution in [1.29, 1.82) is 0 Å². The van der Waals surface area contributed by atoms with Gasteiger partial charge in [0.05, 0.1) is 25.4 Å². The van der Waals surface area contributed by atoms with Gasteiger partial charge in [0.25, 0.3) is 0 Å². The molecule has 2 heterocycles. The van der Waals surface area contributed by atoms with Crippen LogP contribution in [0.3, 0.4) is 0 Å². The van der Waals surface area contributed by atoms with E-state index < -0.39 is 5.60 Å². The Morgan fingerprint density at radius 1 is 1.29 bits per heavy atom. The van der Waals surface area contributed by atoms with Gasteiger partial charge in [0.15, 0.2) is 0 Å². The maximum Gasteiger partial charge on any atom is 0.317 e. The molecule has 1 aromatic carbocycles. The Morgan fingerprint density at radius 2 is 2.00 bits per heavy atom. The Balaban J connectivity index is 1.41. The number of likely N-dealkylation sites (tertiary alicyclic amines) is 1. The van der Waals surface area contributed by atoms with Gasteiger partial charge in [-0.05, 0) is 18.9 Å². The van der Waals surface area contributed by atoms with Gasteiger partial charge in [-0.1, -0.05) is 30.3 Å². The number of ether oxygens (including phenoxy) is 1. The molecule has 2 aliphatic rings. The van der Waals surface area contributed by atoms with E-state index in [0.29, 0.717) is 26.1 Å². The van der Waals surface area contributed by atoms with E-state index in [0.717, 1.165) is 39.4 Å². The molecule has 2 saturated heterocycles. The summed E-state index contributed by atoms with van der Waals surface area (Å²) >= 11 is 0. The largest absolute Gasteiger partial charge is 0.387 e. The Bertz CT molecular complexity index is 623. The second-order valence-electron chi connectivity index (χ2n) is 8.21. The van der Waals surface area contributed by atoms with E-state index in [2.05, 4.69) is 34.2 Å². The van der Waals surface area contributed by atoms with E-state index in [-0.39, 0.29) is 12.1 Å². The van der Waals surface area contributed by atoms with Gasteiger partial charge in [0, 0.05) is 52.4 Å². The second-order valence-corrected chi connectivity index (χ2v) is 8.21. The van der Waals surface area contributed by atoms with Gasteiger partial charge in [-0.2, -0.15) is 0 Å². The van der Waals surface area contributed by atoms with E-state index >= 15 is 0 Å². The summed E-state index contributed by atoms with van der Waals surface area (Å²) in [4.78, 5) is 18.7. The lowest BCUT2D eigenvalue weighted by atomic mass is 10.0. The number of likely N-dealkylation sites (N-methyl/N-ethyl adjacent to an activating group) is 1. The van der Waals surface area contributed by atoms with Gasteiger partial charge in [-0.15, -0.1) is 0 Å². The van der Waals surface area contributed by atoms with Crippen LogP contribution >= 0.6 is 0 Å². The molecule has 7 nitrogen and oxygen atoms in total. The van der Waals surface area contributed by atoms with Crippen LogP contribution < -0.4 is 5.32 Å². The summed E-state index contributed by atoms with van der Waals surface area (Å²) in [5.74, 6) is 0. The fraction of sp³-hybridized carbons (Fsp3) is 0.667. The maximum absolute atomic E-state index is 12.5. The number of nitrogens with zero attached hydrogens (tertiary/aromatic N) is 3. The van der Waals surface area contributed by atoms with Gasteiger partial charge >= 0.3 is 6.03 Å². The summed E-state index contributed by atoms with van der Waals surface area (Å²) in [5, 5.41) is 14.0. The molecule has 2 fully saturated rings. The number of hydrogen-bond donors (Lipinski definition) is 2. The number of β-amino-alcohol motifs (C(OH)–C–C–N with tert-alkyl or cyclic N) is 1. The molecule has 1 aromatic rings. The molecule has 0 aromatic heterocycles. The monoisotopic (exact) mass is 390 g/mol. The number of aliphatic hydroxyl groups is 1. The fourth-order valence-electron chi connectivity index (χ4n) is 4.08. The predicted octanol–water partition coefficient (Wildman–Crippen LogP) is 0.986. The molecule has 2 atom stereocenters. The Morgan fingerprint density at radius 3 is 2.71 bits per heavy atom. The van der Waals surface area contributed by atoms with Gasteiger partial charge in [0.1, 0.15) is 0 Å². The van der Waals surface area contributed by atoms with E-state index in [1.807, 2.05) is 18.2 Å². The predicted molar refractivity (Wildman–Crippen MR) is 109 cm³/mol. The molecule has 3 rings (SSSR count). The van der Waals surface area contributed by atoms with Crippen molar-refractivity contribution in [3.05, 3.63) is 35.9 Å². The third-order valence-corrected chi connectivity index (χ3v) is 5.76. The fourth-order valence-corrected chi connectivity index (χ4v) is 4.08. The molecule has 2 N–H and O–H groups in total. The van der Waals surface area contributed by atoms with Crippen LogP contribution in [0.5, 0.6) is 0 Å². The molecule has 0 spiro atoms. The van der Waals surface area contributed by atoms with E-state index in [1.54, 1.807) is 11.9 Å². The summed E-state index contributed by atoms with van der Waals surface area (Å²) in [6.07, 6.45) is 0.682. The quantitative estimate of drug-likeness (QED) is 0.727. The number of rotatable bonds is 7. The standard InChI is InChI=1S/C21H34N4O3/c1-18(25-10-12-28-13-11-25)14-22-20(26)23(2)16-21(27)8-9-24(17-21)15-19-6-4-3-5-7-19/h3-7,18,27H,8-17H2,1-2H3,(H,22,26). The first-order valence-corrected chi connectivity index (χ1v) is 10.2. The molecule has 0 aliphatic carbocycles. The van der Waals surface area contributed by atoms with Crippen LogP contribution in [0.25, 0.3) is 0 Å². The summed E-state index contributed by atoms with van der Waals surface area (Å²) < 4.78 is 5.38. The Kier molecular flexibility index (Phi) is 7.29. The molecule has 28 heavy (non-hydrogen) atoms. The Hall–Kier alpha value is -1.67. The lowest BCUT2D eigenvalue weighted by Gasteiger charge is -2.33. The minimum absolute atomic E-state index is 0.130. The zero-order valence-corrected chi connectivity index (χ0v) is 17.1. The molecule has 0 saturated carbocycles. The molecule has 156 valence electrons. The topological polar surface area (TPSA) is 68.3 Å². The highest BCUT2D eigenvalue weighted by Gasteiger charge is 2.37. The highest BCUT2D eigenvalue weighted by molar-refractivity contribution is 5.74. The van der Waals surface area contributed by atoms with Gasteiger partial charge in [0.2, 0.25) is 0 Å². The molecular formula is C21H34N4O3. The second kappa shape index (κ2) is 9.69. The number of amides is 2. The van der Waals surface area contributed by atoms with Crippen LogP contribution in [0, 0.1) is 0 Å². The van der Waals surface area contributed by atoms with Crippen molar-refractivity contribution >= 4 is 6.03 Å². The zero-order chi connectivity index (χ0) is 20.0. The molecular weight excluding hydrogens is 356 g/mol. The van der Waals surface area contributed by atoms with Crippen molar-refractivity contribution in [2.24, 2.45) is 0 Å². The third kappa shape index (κ3) is 5.91. The highest BCUT2D eigenvalue weighted by Crippen LogP contribution is 2.23. The van der Waals surface area contributed by atoms with Crippen molar-refractivity contribution in [3.8, 4) is 0 Å². The molecule has 0 bridgehead atoms. The summed E-state index contributed by atoms with van der Waals surface area (Å²) in [6.45, 7) is 8.65. The van der Waals surface area contributed by atoms with Crippen LogP contribution in [-0.2, 0) is 11.3 Å². The molecule has 2 unspecified atom stereocenters. The lowest BCUT2D eigenvalue weighted by molar-refractivity contribution is 0.0187. The third-order valence-electron chi connectivity index (χ3n) is 5.76. The van der Waals surface area contributed by atoms with E-state index in [4.69, 9.17) is 4.74 Å². The van der Waals surface area contributed by atoms with Crippen LogP contribution in [0.4, 0.5) is 4.79 Å². The van der Waals surface area contributed by atoms with Crippen LogP contribution in [0.2, 0.25) is 0 Å². The normalized spacial score (nSPS) is 24.8. The first-order valence-electron chi connectivity index (χ1n) is 10.2. The number of morpholine rings is 1. The number of hydrogen-bond acceptors (Lipinski definition) is 5. The van der Waals surface area contributed by atoms with Crippen LogP contribution in [0.1, 0.15) is 18.9 Å². The average molecular weight is 391 g/mol. The molecule has 2 aliphatic heterocycles. The van der Waals surface area contributed by atoms with Crippen molar-refractivity contribution in [1.82, 2.24) is 20.0 Å². The van der Waals surface area contributed by atoms with Gasteiger partial charge < -0.3 is 20.1 Å². The maximum atomic E-state index is 12.5. The van der Waals surface area contributed by atoms with E-state index in [9.17, 15) is 9.90 Å². The van der Waals surface area contributed by atoms with Crippen molar-refractivity contribution in [2.75, 3.05) is 59.5 Å². The van der Waals surface area contributed by atoms with Crippen molar-refractivity contribution < 1.29 is 14.6 Å².